The lowest BCUT2D eigenvalue weighted by Crippen LogP contribution is -2.24. The van der Waals surface area contributed by atoms with Crippen molar-refractivity contribution in [1.82, 2.24) is 20.3 Å². The van der Waals surface area contributed by atoms with Crippen LogP contribution in [0.3, 0.4) is 0 Å². The number of aromatic nitrogens is 3. The molecule has 2 aromatic rings. The predicted octanol–water partition coefficient (Wildman–Crippen LogP) is 0.231. The van der Waals surface area contributed by atoms with Crippen LogP contribution in [-0.2, 0) is 16.1 Å². The topological polar surface area (TPSA) is 146 Å². The molecule has 0 saturated heterocycles. The first-order chi connectivity index (χ1) is 11.5. The van der Waals surface area contributed by atoms with E-state index in [1.807, 2.05) is 0 Å². The van der Waals surface area contributed by atoms with Crippen molar-refractivity contribution < 1.29 is 14.3 Å². The van der Waals surface area contributed by atoms with Crippen molar-refractivity contribution in [3.05, 3.63) is 35.4 Å². The van der Waals surface area contributed by atoms with Gasteiger partial charge in [0.25, 0.3) is 0 Å². The maximum atomic E-state index is 11.8. The number of methoxy groups -OCH3 is 1. The summed E-state index contributed by atoms with van der Waals surface area (Å²) in [6.07, 6.45) is 0. The second kappa shape index (κ2) is 8.11. The van der Waals surface area contributed by atoms with Gasteiger partial charge in [-0.25, -0.2) is 4.79 Å². The zero-order valence-corrected chi connectivity index (χ0v) is 13.7. The van der Waals surface area contributed by atoms with Gasteiger partial charge in [-0.15, -0.1) is 0 Å². The number of hydrogen-bond donors (Lipinski definition) is 3. The number of thioether (sulfide) groups is 1. The van der Waals surface area contributed by atoms with E-state index in [2.05, 4.69) is 25.0 Å². The molecule has 1 aromatic carbocycles. The van der Waals surface area contributed by atoms with Crippen LogP contribution in [0.25, 0.3) is 0 Å². The van der Waals surface area contributed by atoms with Crippen molar-refractivity contribution in [3.63, 3.8) is 0 Å². The first-order valence-electron chi connectivity index (χ1n) is 6.81. The van der Waals surface area contributed by atoms with Crippen LogP contribution in [0.4, 0.5) is 11.9 Å². The summed E-state index contributed by atoms with van der Waals surface area (Å²) in [6, 6.07) is 6.76. The molecule has 0 aliphatic carbocycles. The molecule has 0 radical (unpaired) electrons. The molecule has 0 spiro atoms. The Balaban J connectivity index is 1.81. The minimum Gasteiger partial charge on any atom is -0.465 e. The van der Waals surface area contributed by atoms with Crippen molar-refractivity contribution >= 4 is 35.5 Å². The summed E-state index contributed by atoms with van der Waals surface area (Å²) in [6.45, 7) is 0.336. The molecule has 2 rings (SSSR count). The molecule has 0 bridgehead atoms. The van der Waals surface area contributed by atoms with Gasteiger partial charge in [0, 0.05) is 6.54 Å². The molecule has 126 valence electrons. The van der Waals surface area contributed by atoms with Crippen LogP contribution >= 0.6 is 11.8 Å². The molecule has 10 heteroatoms. The molecule has 1 heterocycles. The average Bonchev–Trinajstić information content (AvgIpc) is 2.57. The number of ether oxygens (including phenoxy) is 1. The van der Waals surface area contributed by atoms with Crippen LogP contribution in [0.1, 0.15) is 15.9 Å². The van der Waals surface area contributed by atoms with Crippen molar-refractivity contribution in [1.29, 1.82) is 0 Å². The number of hydrogen-bond acceptors (Lipinski definition) is 9. The highest BCUT2D eigenvalue weighted by atomic mass is 32.2. The van der Waals surface area contributed by atoms with Crippen LogP contribution < -0.4 is 16.8 Å². The Bertz CT molecular complexity index is 718. The molecule has 0 aliphatic heterocycles. The Morgan fingerprint density at radius 2 is 1.75 bits per heavy atom. The zero-order chi connectivity index (χ0) is 17.5. The Kier molecular flexibility index (Phi) is 5.90. The van der Waals surface area contributed by atoms with Crippen LogP contribution in [0.15, 0.2) is 29.4 Å². The summed E-state index contributed by atoms with van der Waals surface area (Å²) in [4.78, 5) is 34.6. The lowest BCUT2D eigenvalue weighted by Gasteiger charge is -2.06. The van der Waals surface area contributed by atoms with E-state index in [9.17, 15) is 9.59 Å². The Labute approximate surface area is 142 Å². The number of nitrogens with one attached hydrogen (secondary N) is 1. The molecule has 0 fully saturated rings. The van der Waals surface area contributed by atoms with Crippen molar-refractivity contribution in [2.45, 2.75) is 11.7 Å². The third kappa shape index (κ3) is 5.09. The lowest BCUT2D eigenvalue weighted by molar-refractivity contribution is -0.118. The fourth-order valence-corrected chi connectivity index (χ4v) is 2.39. The number of nitrogen functional groups attached to an aromatic ring is 2. The van der Waals surface area contributed by atoms with E-state index in [0.29, 0.717) is 12.1 Å². The van der Waals surface area contributed by atoms with Gasteiger partial charge in [0.2, 0.25) is 17.8 Å². The fraction of sp³-hybridized carbons (Fsp3) is 0.214. The first kappa shape index (κ1) is 17.5. The standard InChI is InChI=1S/C14H16N6O3S/c1-23-11(22)9-4-2-8(3-5-9)6-17-10(21)7-24-14-19-12(15)18-13(16)20-14/h2-5H,6-7H2,1H3,(H,17,21)(H4,15,16,18,19,20). The predicted molar refractivity (Wildman–Crippen MR) is 89.0 cm³/mol. The van der Waals surface area contributed by atoms with E-state index < -0.39 is 5.97 Å². The van der Waals surface area contributed by atoms with Crippen LogP contribution in [0.5, 0.6) is 0 Å². The summed E-state index contributed by atoms with van der Waals surface area (Å²) < 4.78 is 4.62. The normalized spacial score (nSPS) is 10.2. The number of rotatable bonds is 6. The largest absolute Gasteiger partial charge is 0.465 e. The number of nitrogens with zero attached hydrogens (tertiary/aromatic N) is 3. The minimum atomic E-state index is -0.405. The molecular formula is C14H16N6O3S. The highest BCUT2D eigenvalue weighted by molar-refractivity contribution is 7.99. The van der Waals surface area contributed by atoms with Gasteiger partial charge >= 0.3 is 5.97 Å². The summed E-state index contributed by atoms with van der Waals surface area (Å²) in [5, 5.41) is 3.04. The van der Waals surface area contributed by atoms with E-state index in [0.717, 1.165) is 17.3 Å². The molecule has 9 nitrogen and oxygen atoms in total. The van der Waals surface area contributed by atoms with Gasteiger partial charge in [-0.2, -0.15) is 15.0 Å². The van der Waals surface area contributed by atoms with Crippen LogP contribution in [-0.4, -0.2) is 39.7 Å². The first-order valence-corrected chi connectivity index (χ1v) is 7.80. The highest BCUT2D eigenvalue weighted by Gasteiger charge is 2.08. The number of anilines is 2. The number of carbonyl (C=O) groups excluding carboxylic acids is 2. The van der Waals surface area contributed by atoms with Gasteiger partial charge in [-0.3, -0.25) is 4.79 Å². The number of benzene rings is 1. The van der Waals surface area contributed by atoms with Gasteiger partial charge in [0.15, 0.2) is 5.16 Å². The fourth-order valence-electron chi connectivity index (χ4n) is 1.71. The average molecular weight is 348 g/mol. The molecule has 0 saturated carbocycles. The third-order valence-corrected chi connectivity index (χ3v) is 3.69. The Morgan fingerprint density at radius 1 is 1.12 bits per heavy atom. The van der Waals surface area contributed by atoms with E-state index in [4.69, 9.17) is 11.5 Å². The zero-order valence-electron chi connectivity index (χ0n) is 12.9. The molecule has 0 aliphatic rings. The monoisotopic (exact) mass is 348 g/mol. The van der Waals surface area contributed by atoms with Crippen LogP contribution in [0, 0.1) is 0 Å². The second-order valence-corrected chi connectivity index (χ2v) is 5.53. The quantitative estimate of drug-likeness (QED) is 0.493. The van der Waals surface area contributed by atoms with Crippen molar-refractivity contribution in [2.75, 3.05) is 24.3 Å². The third-order valence-electron chi connectivity index (χ3n) is 2.85. The second-order valence-electron chi connectivity index (χ2n) is 4.59. The lowest BCUT2D eigenvalue weighted by atomic mass is 10.1. The van der Waals surface area contributed by atoms with Gasteiger partial charge < -0.3 is 21.5 Å². The Morgan fingerprint density at radius 3 is 2.33 bits per heavy atom. The minimum absolute atomic E-state index is 0.0103. The number of esters is 1. The maximum absolute atomic E-state index is 11.8. The molecule has 0 unspecified atom stereocenters. The van der Waals surface area contributed by atoms with E-state index in [1.165, 1.54) is 7.11 Å². The van der Waals surface area contributed by atoms with Crippen molar-refractivity contribution in [2.24, 2.45) is 0 Å². The molecule has 1 aromatic heterocycles. The molecule has 0 atom stereocenters. The number of amides is 1. The van der Waals surface area contributed by atoms with Gasteiger partial charge in [0.05, 0.1) is 18.4 Å². The van der Waals surface area contributed by atoms with E-state index in [-0.39, 0.29) is 28.7 Å². The SMILES string of the molecule is COC(=O)c1ccc(CNC(=O)CSc2nc(N)nc(N)n2)cc1. The summed E-state index contributed by atoms with van der Waals surface area (Å²) in [7, 11) is 1.32. The summed E-state index contributed by atoms with van der Waals surface area (Å²) >= 11 is 1.11. The van der Waals surface area contributed by atoms with Gasteiger partial charge in [-0.1, -0.05) is 23.9 Å². The number of nitrogens with two attached hydrogens (primary N) is 2. The maximum Gasteiger partial charge on any atom is 0.337 e. The van der Waals surface area contributed by atoms with Crippen molar-refractivity contribution in [3.8, 4) is 0 Å². The van der Waals surface area contributed by atoms with Crippen LogP contribution in [0.2, 0.25) is 0 Å². The highest BCUT2D eigenvalue weighted by Crippen LogP contribution is 2.14. The Hall–Kier alpha value is -2.88. The van der Waals surface area contributed by atoms with Gasteiger partial charge in [0.1, 0.15) is 0 Å². The summed E-state index contributed by atoms with van der Waals surface area (Å²) in [5.74, 6) is -0.469. The van der Waals surface area contributed by atoms with Gasteiger partial charge in [-0.05, 0) is 17.7 Å². The number of carbonyl (C=O) groups is 2. The smallest absolute Gasteiger partial charge is 0.337 e. The van der Waals surface area contributed by atoms with E-state index in [1.54, 1.807) is 24.3 Å². The molecule has 1 amide bonds. The molecule has 24 heavy (non-hydrogen) atoms. The molecule has 5 N–H and O–H groups in total. The van der Waals surface area contributed by atoms with E-state index >= 15 is 0 Å². The molecular weight excluding hydrogens is 332 g/mol. The summed E-state index contributed by atoms with van der Waals surface area (Å²) in [5.41, 5.74) is 12.2.